The lowest BCUT2D eigenvalue weighted by atomic mass is 9.99. The number of amides is 2. The molecule has 0 saturated carbocycles. The predicted molar refractivity (Wildman–Crippen MR) is 133 cm³/mol. The van der Waals surface area contributed by atoms with Gasteiger partial charge in [0.2, 0.25) is 0 Å². The first kappa shape index (κ1) is 22.3. The number of hydrogen-bond acceptors (Lipinski definition) is 4. The van der Waals surface area contributed by atoms with E-state index in [0.717, 1.165) is 27.8 Å². The van der Waals surface area contributed by atoms with Gasteiger partial charge in [0, 0.05) is 0 Å². The van der Waals surface area contributed by atoms with E-state index in [2.05, 4.69) is 5.32 Å². The van der Waals surface area contributed by atoms with Gasteiger partial charge in [0.15, 0.2) is 0 Å². The van der Waals surface area contributed by atoms with Gasteiger partial charge in [0.05, 0.1) is 24.1 Å². The van der Waals surface area contributed by atoms with E-state index >= 15 is 0 Å². The fourth-order valence-corrected chi connectivity index (χ4v) is 4.04. The molecule has 0 fully saturated rings. The third-order valence-corrected chi connectivity index (χ3v) is 6.10. The Kier molecular flexibility index (Phi) is 5.81. The second-order valence-corrected chi connectivity index (χ2v) is 8.61. The lowest BCUT2D eigenvalue weighted by Crippen LogP contribution is -2.33. The van der Waals surface area contributed by atoms with Crippen molar-refractivity contribution in [3.63, 3.8) is 0 Å². The number of hydrogen-bond donors (Lipinski definition) is 1. The van der Waals surface area contributed by atoms with Crippen LogP contribution in [0.5, 0.6) is 5.75 Å². The second-order valence-electron chi connectivity index (χ2n) is 8.61. The van der Waals surface area contributed by atoms with E-state index in [-0.39, 0.29) is 17.5 Å². The normalized spacial score (nSPS) is 13.7. The van der Waals surface area contributed by atoms with E-state index in [9.17, 15) is 9.59 Å². The van der Waals surface area contributed by atoms with Gasteiger partial charge < -0.3 is 10.1 Å². The molecule has 2 amide bonds. The number of carbonyl (C=O) groups excluding carboxylic acids is 2. The van der Waals surface area contributed by atoms with Crippen molar-refractivity contribution in [3.05, 3.63) is 93.7 Å². The number of imide groups is 1. The van der Waals surface area contributed by atoms with Crippen LogP contribution in [0.15, 0.2) is 60.3 Å². The number of methoxy groups -OCH3 is 1. The van der Waals surface area contributed by atoms with Gasteiger partial charge in [0.25, 0.3) is 11.8 Å². The molecule has 0 bridgehead atoms. The number of nitrogens with one attached hydrogen (secondary N) is 1. The average molecular weight is 441 g/mol. The average Bonchev–Trinajstić information content (AvgIpc) is 3.01. The van der Waals surface area contributed by atoms with Gasteiger partial charge in [-0.25, -0.2) is 4.90 Å². The van der Waals surface area contributed by atoms with Crippen LogP contribution >= 0.6 is 0 Å². The van der Waals surface area contributed by atoms with E-state index in [1.807, 2.05) is 89.2 Å². The number of rotatable bonds is 5. The summed E-state index contributed by atoms with van der Waals surface area (Å²) in [5.41, 5.74) is 7.56. The molecule has 3 aromatic rings. The molecule has 5 heteroatoms. The van der Waals surface area contributed by atoms with Crippen LogP contribution in [0.25, 0.3) is 5.57 Å². The SMILES string of the molecule is COc1ccc(C)cc1NC1=C(c2ccc(C)c(C)c2)C(=O)N(c2cc(C)ccc2C)C1=O. The molecule has 0 spiro atoms. The van der Waals surface area contributed by atoms with Crippen molar-refractivity contribution in [2.75, 3.05) is 17.3 Å². The highest BCUT2D eigenvalue weighted by molar-refractivity contribution is 6.46. The van der Waals surface area contributed by atoms with Crippen LogP contribution in [-0.4, -0.2) is 18.9 Å². The largest absolute Gasteiger partial charge is 0.495 e. The summed E-state index contributed by atoms with van der Waals surface area (Å²) < 4.78 is 5.50. The third-order valence-electron chi connectivity index (χ3n) is 6.10. The Morgan fingerprint density at radius 2 is 1.39 bits per heavy atom. The third kappa shape index (κ3) is 4.02. The Morgan fingerprint density at radius 1 is 0.727 bits per heavy atom. The Bertz CT molecular complexity index is 1320. The fraction of sp³-hybridized carbons (Fsp3) is 0.214. The minimum absolute atomic E-state index is 0.244. The van der Waals surface area contributed by atoms with Crippen LogP contribution < -0.4 is 15.0 Å². The van der Waals surface area contributed by atoms with Gasteiger partial charge in [-0.15, -0.1) is 0 Å². The maximum atomic E-state index is 13.8. The van der Waals surface area contributed by atoms with Crippen molar-refractivity contribution in [2.45, 2.75) is 34.6 Å². The standard InChI is InChI=1S/C28H28N2O3/c1-16-8-12-24(33-6)22(13-16)29-26-25(21-11-10-18(3)20(5)15-21)27(31)30(28(26)32)23-14-17(2)7-9-19(23)4/h7-15,29H,1-6H3. The minimum Gasteiger partial charge on any atom is -0.495 e. The molecule has 3 aromatic carbocycles. The monoisotopic (exact) mass is 440 g/mol. The summed E-state index contributed by atoms with van der Waals surface area (Å²) in [5.74, 6) is -0.130. The molecule has 1 N–H and O–H groups in total. The quantitative estimate of drug-likeness (QED) is 0.522. The molecule has 0 radical (unpaired) electrons. The van der Waals surface area contributed by atoms with E-state index in [0.29, 0.717) is 28.3 Å². The van der Waals surface area contributed by atoms with E-state index in [1.54, 1.807) is 7.11 Å². The van der Waals surface area contributed by atoms with Crippen LogP contribution in [0.3, 0.4) is 0 Å². The molecule has 33 heavy (non-hydrogen) atoms. The van der Waals surface area contributed by atoms with E-state index in [1.165, 1.54) is 4.90 Å². The number of benzene rings is 3. The summed E-state index contributed by atoms with van der Waals surface area (Å²) in [6, 6.07) is 17.3. The van der Waals surface area contributed by atoms with Crippen LogP contribution in [0.1, 0.15) is 33.4 Å². The second kappa shape index (κ2) is 8.58. The Morgan fingerprint density at radius 3 is 2.09 bits per heavy atom. The zero-order chi connectivity index (χ0) is 23.9. The topological polar surface area (TPSA) is 58.6 Å². The first-order valence-electron chi connectivity index (χ1n) is 10.9. The zero-order valence-electron chi connectivity index (χ0n) is 19.9. The molecule has 4 rings (SSSR count). The number of carbonyl (C=O) groups is 2. The number of ether oxygens (including phenoxy) is 1. The summed E-state index contributed by atoms with van der Waals surface area (Å²) in [5, 5.41) is 3.24. The van der Waals surface area contributed by atoms with Gasteiger partial charge in [-0.05, 0) is 86.2 Å². The van der Waals surface area contributed by atoms with Gasteiger partial charge in [-0.3, -0.25) is 9.59 Å². The van der Waals surface area contributed by atoms with Gasteiger partial charge >= 0.3 is 0 Å². The molecular weight excluding hydrogens is 412 g/mol. The van der Waals surface area contributed by atoms with E-state index in [4.69, 9.17) is 4.74 Å². The molecule has 0 aliphatic carbocycles. The highest BCUT2D eigenvalue weighted by atomic mass is 16.5. The fourth-order valence-electron chi connectivity index (χ4n) is 4.04. The Hall–Kier alpha value is -3.86. The molecule has 1 aliphatic rings. The molecule has 1 aliphatic heterocycles. The minimum atomic E-state index is -0.384. The predicted octanol–water partition coefficient (Wildman–Crippen LogP) is 5.63. The van der Waals surface area contributed by atoms with Gasteiger partial charge in [0.1, 0.15) is 11.4 Å². The Labute approximate surface area is 194 Å². The number of anilines is 2. The Balaban J connectivity index is 1.91. The first-order valence-corrected chi connectivity index (χ1v) is 10.9. The lowest BCUT2D eigenvalue weighted by Gasteiger charge is -2.19. The summed E-state index contributed by atoms with van der Waals surface area (Å²) in [7, 11) is 1.58. The molecular formula is C28H28N2O3. The molecule has 0 unspecified atom stereocenters. The van der Waals surface area contributed by atoms with E-state index < -0.39 is 0 Å². The van der Waals surface area contributed by atoms with Crippen LogP contribution in [0.2, 0.25) is 0 Å². The lowest BCUT2D eigenvalue weighted by molar-refractivity contribution is -0.120. The smallest absolute Gasteiger partial charge is 0.282 e. The number of nitrogens with zero attached hydrogens (tertiary/aromatic N) is 1. The summed E-state index contributed by atoms with van der Waals surface area (Å²) >= 11 is 0. The van der Waals surface area contributed by atoms with Crippen molar-refractivity contribution in [3.8, 4) is 5.75 Å². The van der Waals surface area contributed by atoms with Crippen molar-refractivity contribution < 1.29 is 14.3 Å². The highest BCUT2D eigenvalue weighted by Gasteiger charge is 2.41. The first-order chi connectivity index (χ1) is 15.7. The number of aryl methyl sites for hydroxylation is 5. The summed E-state index contributed by atoms with van der Waals surface area (Å²) in [6.07, 6.45) is 0. The van der Waals surface area contributed by atoms with Crippen LogP contribution in [0.4, 0.5) is 11.4 Å². The van der Waals surface area contributed by atoms with Crippen molar-refractivity contribution in [2.24, 2.45) is 0 Å². The highest BCUT2D eigenvalue weighted by Crippen LogP contribution is 2.37. The zero-order valence-corrected chi connectivity index (χ0v) is 19.9. The van der Waals surface area contributed by atoms with Crippen molar-refractivity contribution in [1.82, 2.24) is 0 Å². The molecule has 5 nitrogen and oxygen atoms in total. The van der Waals surface area contributed by atoms with Crippen LogP contribution in [-0.2, 0) is 9.59 Å². The van der Waals surface area contributed by atoms with Crippen LogP contribution in [0, 0.1) is 34.6 Å². The molecule has 0 atom stereocenters. The summed E-state index contributed by atoms with van der Waals surface area (Å²) in [4.78, 5) is 28.8. The molecule has 0 saturated heterocycles. The summed E-state index contributed by atoms with van der Waals surface area (Å²) in [6.45, 7) is 9.84. The van der Waals surface area contributed by atoms with Gasteiger partial charge in [-0.2, -0.15) is 0 Å². The maximum absolute atomic E-state index is 13.8. The molecule has 0 aromatic heterocycles. The molecule has 1 heterocycles. The maximum Gasteiger partial charge on any atom is 0.282 e. The van der Waals surface area contributed by atoms with Gasteiger partial charge in [-0.1, -0.05) is 36.4 Å². The molecule has 168 valence electrons. The van der Waals surface area contributed by atoms with Crippen molar-refractivity contribution in [1.29, 1.82) is 0 Å². The van der Waals surface area contributed by atoms with Crippen molar-refractivity contribution >= 4 is 28.8 Å².